The van der Waals surface area contributed by atoms with Gasteiger partial charge in [0.25, 0.3) is 0 Å². The van der Waals surface area contributed by atoms with Crippen LogP contribution in [0, 0.1) is 0 Å². The quantitative estimate of drug-likeness (QED) is 0.835. The van der Waals surface area contributed by atoms with Crippen LogP contribution in [0.2, 0.25) is 0 Å². The molecule has 0 radical (unpaired) electrons. The largest absolute Gasteiger partial charge is 0.336 e. The van der Waals surface area contributed by atoms with E-state index in [1.165, 1.54) is 0 Å². The molecule has 1 heterocycles. The van der Waals surface area contributed by atoms with Crippen molar-refractivity contribution in [2.24, 2.45) is 0 Å². The van der Waals surface area contributed by atoms with E-state index in [1.54, 1.807) is 12.4 Å². The molecule has 2 rings (SSSR count). The first-order valence-electron chi connectivity index (χ1n) is 6.89. The molecular formula is C17H20N2O. The standard InChI is InChI=1S/C17H20N2O/c1-14(2)19(13-16-6-4-3-5-7-16)17(20)12-15-8-10-18-11-9-15/h3-11,14H,12-13H2,1-2H3. The summed E-state index contributed by atoms with van der Waals surface area (Å²) in [6.07, 6.45) is 3.87. The topological polar surface area (TPSA) is 33.2 Å². The van der Waals surface area contributed by atoms with E-state index in [4.69, 9.17) is 0 Å². The van der Waals surface area contributed by atoms with Crippen molar-refractivity contribution >= 4 is 5.91 Å². The van der Waals surface area contributed by atoms with Gasteiger partial charge in [-0.1, -0.05) is 30.3 Å². The maximum atomic E-state index is 12.5. The highest BCUT2D eigenvalue weighted by atomic mass is 16.2. The Labute approximate surface area is 120 Å². The number of hydrogen-bond acceptors (Lipinski definition) is 2. The maximum absolute atomic E-state index is 12.5. The molecule has 0 aliphatic heterocycles. The fraction of sp³-hybridized carbons (Fsp3) is 0.294. The second-order valence-electron chi connectivity index (χ2n) is 5.13. The zero-order valence-corrected chi connectivity index (χ0v) is 12.0. The Morgan fingerprint density at radius 3 is 2.30 bits per heavy atom. The average Bonchev–Trinajstić information content (AvgIpc) is 2.46. The lowest BCUT2D eigenvalue weighted by Gasteiger charge is -2.27. The van der Waals surface area contributed by atoms with Gasteiger partial charge in [0.15, 0.2) is 0 Å². The Hall–Kier alpha value is -2.16. The minimum Gasteiger partial charge on any atom is -0.336 e. The smallest absolute Gasteiger partial charge is 0.227 e. The number of nitrogens with zero attached hydrogens (tertiary/aromatic N) is 2. The van der Waals surface area contributed by atoms with Crippen LogP contribution in [0.4, 0.5) is 0 Å². The first-order chi connectivity index (χ1) is 9.66. The Kier molecular flexibility index (Phi) is 4.88. The molecule has 0 atom stereocenters. The van der Waals surface area contributed by atoms with Gasteiger partial charge in [0.05, 0.1) is 6.42 Å². The summed E-state index contributed by atoms with van der Waals surface area (Å²) < 4.78 is 0. The highest BCUT2D eigenvalue weighted by Crippen LogP contribution is 2.11. The minimum absolute atomic E-state index is 0.148. The normalized spacial score (nSPS) is 10.6. The van der Waals surface area contributed by atoms with Gasteiger partial charge in [-0.2, -0.15) is 0 Å². The molecule has 0 spiro atoms. The van der Waals surface area contributed by atoms with Crippen molar-refractivity contribution < 1.29 is 4.79 Å². The van der Waals surface area contributed by atoms with Gasteiger partial charge in [-0.3, -0.25) is 9.78 Å². The summed E-state index contributed by atoms with van der Waals surface area (Å²) in [7, 11) is 0. The highest BCUT2D eigenvalue weighted by Gasteiger charge is 2.17. The van der Waals surface area contributed by atoms with E-state index in [0.29, 0.717) is 13.0 Å². The molecular weight excluding hydrogens is 248 g/mol. The van der Waals surface area contributed by atoms with Crippen molar-refractivity contribution in [1.82, 2.24) is 9.88 Å². The number of aromatic nitrogens is 1. The van der Waals surface area contributed by atoms with Crippen LogP contribution in [0.5, 0.6) is 0 Å². The predicted molar refractivity (Wildman–Crippen MR) is 80.1 cm³/mol. The third-order valence-electron chi connectivity index (χ3n) is 3.24. The summed E-state index contributed by atoms with van der Waals surface area (Å²) in [5.41, 5.74) is 2.16. The van der Waals surface area contributed by atoms with Gasteiger partial charge in [-0.05, 0) is 37.1 Å². The van der Waals surface area contributed by atoms with Gasteiger partial charge in [-0.15, -0.1) is 0 Å². The van der Waals surface area contributed by atoms with Crippen molar-refractivity contribution in [3.63, 3.8) is 0 Å². The Morgan fingerprint density at radius 1 is 1.05 bits per heavy atom. The molecule has 2 aromatic rings. The zero-order chi connectivity index (χ0) is 14.4. The Bertz CT molecular complexity index is 537. The molecule has 0 aliphatic carbocycles. The molecule has 0 saturated heterocycles. The molecule has 20 heavy (non-hydrogen) atoms. The molecule has 1 aromatic carbocycles. The van der Waals surface area contributed by atoms with Gasteiger partial charge in [0.2, 0.25) is 5.91 Å². The predicted octanol–water partition coefficient (Wildman–Crippen LogP) is 3.06. The molecule has 0 bridgehead atoms. The van der Waals surface area contributed by atoms with Crippen LogP contribution in [0.1, 0.15) is 25.0 Å². The van der Waals surface area contributed by atoms with Crippen LogP contribution in [-0.4, -0.2) is 21.8 Å². The fourth-order valence-electron chi connectivity index (χ4n) is 2.12. The lowest BCUT2D eigenvalue weighted by Crippen LogP contribution is -2.37. The van der Waals surface area contributed by atoms with Gasteiger partial charge < -0.3 is 4.90 Å². The Morgan fingerprint density at radius 2 is 1.70 bits per heavy atom. The molecule has 3 heteroatoms. The number of rotatable bonds is 5. The first-order valence-corrected chi connectivity index (χ1v) is 6.89. The third-order valence-corrected chi connectivity index (χ3v) is 3.24. The number of hydrogen-bond donors (Lipinski definition) is 0. The maximum Gasteiger partial charge on any atom is 0.227 e. The van der Waals surface area contributed by atoms with Crippen molar-refractivity contribution in [1.29, 1.82) is 0 Å². The Balaban J connectivity index is 2.07. The number of amides is 1. The van der Waals surface area contributed by atoms with E-state index < -0.39 is 0 Å². The van der Waals surface area contributed by atoms with Crippen LogP contribution >= 0.6 is 0 Å². The molecule has 3 nitrogen and oxygen atoms in total. The second kappa shape index (κ2) is 6.85. The second-order valence-corrected chi connectivity index (χ2v) is 5.13. The van der Waals surface area contributed by atoms with E-state index in [0.717, 1.165) is 11.1 Å². The van der Waals surface area contributed by atoms with E-state index in [9.17, 15) is 4.79 Å². The molecule has 0 fully saturated rings. The van der Waals surface area contributed by atoms with E-state index >= 15 is 0 Å². The summed E-state index contributed by atoms with van der Waals surface area (Å²) >= 11 is 0. The molecule has 0 aliphatic rings. The first kappa shape index (κ1) is 14.3. The average molecular weight is 268 g/mol. The summed E-state index contributed by atoms with van der Waals surface area (Å²) in [6, 6.07) is 14.1. The van der Waals surface area contributed by atoms with Crippen molar-refractivity contribution in [2.45, 2.75) is 32.9 Å². The lowest BCUT2D eigenvalue weighted by molar-refractivity contribution is -0.132. The number of pyridine rings is 1. The SMILES string of the molecule is CC(C)N(Cc1ccccc1)C(=O)Cc1ccncc1. The van der Waals surface area contributed by atoms with Crippen LogP contribution in [0.25, 0.3) is 0 Å². The van der Waals surface area contributed by atoms with Gasteiger partial charge in [0, 0.05) is 25.0 Å². The van der Waals surface area contributed by atoms with Crippen LogP contribution in [-0.2, 0) is 17.8 Å². The van der Waals surface area contributed by atoms with Crippen molar-refractivity contribution in [3.05, 3.63) is 66.0 Å². The minimum atomic E-state index is 0.148. The molecule has 1 aromatic heterocycles. The lowest BCUT2D eigenvalue weighted by atomic mass is 10.1. The summed E-state index contributed by atoms with van der Waals surface area (Å²) in [6.45, 7) is 4.75. The molecule has 0 saturated carbocycles. The fourth-order valence-corrected chi connectivity index (χ4v) is 2.12. The number of carbonyl (C=O) groups excluding carboxylic acids is 1. The van der Waals surface area contributed by atoms with Gasteiger partial charge >= 0.3 is 0 Å². The highest BCUT2D eigenvalue weighted by molar-refractivity contribution is 5.79. The number of carbonyl (C=O) groups is 1. The van der Waals surface area contributed by atoms with Crippen molar-refractivity contribution in [2.75, 3.05) is 0 Å². The molecule has 1 amide bonds. The van der Waals surface area contributed by atoms with Crippen LogP contribution in [0.15, 0.2) is 54.9 Å². The summed E-state index contributed by atoms with van der Waals surface area (Å²) in [5.74, 6) is 0.148. The number of benzene rings is 1. The van der Waals surface area contributed by atoms with Gasteiger partial charge in [0.1, 0.15) is 0 Å². The molecule has 0 N–H and O–H groups in total. The third kappa shape index (κ3) is 3.92. The molecule has 104 valence electrons. The van der Waals surface area contributed by atoms with Crippen LogP contribution in [0.3, 0.4) is 0 Å². The van der Waals surface area contributed by atoms with Gasteiger partial charge in [-0.25, -0.2) is 0 Å². The van der Waals surface area contributed by atoms with Crippen LogP contribution < -0.4 is 0 Å². The van der Waals surface area contributed by atoms with Crippen molar-refractivity contribution in [3.8, 4) is 0 Å². The zero-order valence-electron chi connectivity index (χ0n) is 12.0. The van der Waals surface area contributed by atoms with E-state index in [1.807, 2.05) is 49.1 Å². The summed E-state index contributed by atoms with van der Waals surface area (Å²) in [5, 5.41) is 0. The summed E-state index contributed by atoms with van der Waals surface area (Å²) in [4.78, 5) is 18.4. The van der Waals surface area contributed by atoms with E-state index in [2.05, 4.69) is 17.1 Å². The van der Waals surface area contributed by atoms with E-state index in [-0.39, 0.29) is 11.9 Å². The monoisotopic (exact) mass is 268 g/mol. The molecule has 0 unspecified atom stereocenters.